The zero-order valence-corrected chi connectivity index (χ0v) is 12.0. The molecule has 0 bridgehead atoms. The summed E-state index contributed by atoms with van der Waals surface area (Å²) >= 11 is 0. The number of hydrogen-bond donors (Lipinski definition) is 3. The molecule has 1 fully saturated rings. The van der Waals surface area contributed by atoms with E-state index in [-0.39, 0.29) is 30.9 Å². The fourth-order valence-electron chi connectivity index (χ4n) is 2.08. The van der Waals surface area contributed by atoms with Gasteiger partial charge < -0.3 is 15.4 Å². The number of anilines is 1. The van der Waals surface area contributed by atoms with Crippen molar-refractivity contribution in [2.45, 2.75) is 32.4 Å². The van der Waals surface area contributed by atoms with Gasteiger partial charge >= 0.3 is 6.09 Å². The zero-order chi connectivity index (χ0) is 15.1. The molecule has 0 aliphatic carbocycles. The third-order valence-electron chi connectivity index (χ3n) is 2.99. The van der Waals surface area contributed by atoms with Crippen molar-refractivity contribution in [2.75, 3.05) is 25.0 Å². The quantitative estimate of drug-likeness (QED) is 0.689. The van der Waals surface area contributed by atoms with Crippen LogP contribution < -0.4 is 16.0 Å². The molecule has 0 aromatic carbocycles. The first kappa shape index (κ1) is 15.2. The van der Waals surface area contributed by atoms with Gasteiger partial charge in [-0.25, -0.2) is 4.79 Å². The topological polar surface area (TPSA) is 110 Å². The molecule has 2 amide bonds. The van der Waals surface area contributed by atoms with Crippen LogP contribution in [0.4, 0.5) is 10.6 Å². The minimum atomic E-state index is -0.595. The SMILES string of the molecule is CCOC(=O)Nc1cnn(CC(=O)NC2CCCNC2)n1. The third kappa shape index (κ3) is 5.03. The number of carbonyl (C=O) groups excluding carboxylic acids is 2. The van der Waals surface area contributed by atoms with Gasteiger partial charge in [-0.3, -0.25) is 10.1 Å². The van der Waals surface area contributed by atoms with E-state index in [4.69, 9.17) is 4.74 Å². The number of hydrogen-bond acceptors (Lipinski definition) is 6. The summed E-state index contributed by atoms with van der Waals surface area (Å²) in [6.07, 6.45) is 2.80. The van der Waals surface area contributed by atoms with Crippen molar-refractivity contribution >= 4 is 17.8 Å². The molecular formula is C12H20N6O3. The molecule has 1 atom stereocenters. The number of carbonyl (C=O) groups is 2. The Kier molecular flexibility index (Phi) is 5.50. The monoisotopic (exact) mass is 296 g/mol. The number of ether oxygens (including phenoxy) is 1. The number of aromatic nitrogens is 3. The molecule has 9 nitrogen and oxygen atoms in total. The Bertz CT molecular complexity index is 483. The third-order valence-corrected chi connectivity index (χ3v) is 2.99. The van der Waals surface area contributed by atoms with Crippen molar-refractivity contribution in [3.05, 3.63) is 6.20 Å². The molecule has 2 heterocycles. The lowest BCUT2D eigenvalue weighted by Crippen LogP contribution is -2.46. The smallest absolute Gasteiger partial charge is 0.412 e. The number of amides is 2. The van der Waals surface area contributed by atoms with E-state index >= 15 is 0 Å². The van der Waals surface area contributed by atoms with Crippen LogP contribution in [-0.4, -0.2) is 52.7 Å². The maximum absolute atomic E-state index is 11.9. The fourth-order valence-corrected chi connectivity index (χ4v) is 2.08. The number of nitrogens with one attached hydrogen (secondary N) is 3. The van der Waals surface area contributed by atoms with Gasteiger partial charge in [0.15, 0.2) is 5.82 Å². The molecule has 0 saturated carbocycles. The Labute approximate surface area is 122 Å². The van der Waals surface area contributed by atoms with Gasteiger partial charge in [0.25, 0.3) is 0 Å². The average Bonchev–Trinajstić information content (AvgIpc) is 2.87. The molecule has 1 aromatic rings. The molecule has 21 heavy (non-hydrogen) atoms. The van der Waals surface area contributed by atoms with Gasteiger partial charge in [0.2, 0.25) is 5.91 Å². The molecule has 1 unspecified atom stereocenters. The van der Waals surface area contributed by atoms with Crippen LogP contribution >= 0.6 is 0 Å². The Morgan fingerprint density at radius 2 is 2.43 bits per heavy atom. The van der Waals surface area contributed by atoms with E-state index in [0.717, 1.165) is 25.9 Å². The van der Waals surface area contributed by atoms with Crippen LogP contribution in [0.5, 0.6) is 0 Å². The van der Waals surface area contributed by atoms with Crippen LogP contribution in [0.1, 0.15) is 19.8 Å². The van der Waals surface area contributed by atoms with Crippen molar-refractivity contribution in [3.8, 4) is 0 Å². The van der Waals surface area contributed by atoms with Crippen LogP contribution in [0.25, 0.3) is 0 Å². The van der Waals surface area contributed by atoms with Crippen LogP contribution in [0.15, 0.2) is 6.20 Å². The summed E-state index contributed by atoms with van der Waals surface area (Å²) in [7, 11) is 0. The maximum atomic E-state index is 11.9. The molecule has 1 aromatic heterocycles. The second-order valence-electron chi connectivity index (χ2n) is 4.72. The van der Waals surface area contributed by atoms with Crippen molar-refractivity contribution in [3.63, 3.8) is 0 Å². The average molecular weight is 296 g/mol. The largest absolute Gasteiger partial charge is 0.450 e. The minimum Gasteiger partial charge on any atom is -0.450 e. The van der Waals surface area contributed by atoms with Crippen molar-refractivity contribution in [2.24, 2.45) is 0 Å². The Hall–Kier alpha value is -2.16. The summed E-state index contributed by atoms with van der Waals surface area (Å²) in [6, 6.07) is 0.152. The second kappa shape index (κ2) is 7.58. The first-order chi connectivity index (χ1) is 10.2. The first-order valence-corrected chi connectivity index (χ1v) is 7.01. The molecule has 1 aliphatic heterocycles. The number of piperidine rings is 1. The Morgan fingerprint density at radius 1 is 1.57 bits per heavy atom. The van der Waals surface area contributed by atoms with E-state index in [1.54, 1.807) is 6.92 Å². The summed E-state index contributed by atoms with van der Waals surface area (Å²) in [5.74, 6) is 0.0996. The molecule has 116 valence electrons. The molecule has 0 radical (unpaired) electrons. The highest BCUT2D eigenvalue weighted by atomic mass is 16.5. The molecule has 1 saturated heterocycles. The van der Waals surface area contributed by atoms with Crippen LogP contribution in [0.2, 0.25) is 0 Å². The highest BCUT2D eigenvalue weighted by Gasteiger charge is 2.16. The number of nitrogens with zero attached hydrogens (tertiary/aromatic N) is 3. The molecule has 1 aliphatic rings. The summed E-state index contributed by atoms with van der Waals surface area (Å²) in [5, 5.41) is 16.5. The molecule has 3 N–H and O–H groups in total. The van der Waals surface area contributed by atoms with Crippen LogP contribution in [-0.2, 0) is 16.1 Å². The van der Waals surface area contributed by atoms with Gasteiger partial charge in [-0.15, -0.1) is 5.10 Å². The van der Waals surface area contributed by atoms with E-state index < -0.39 is 6.09 Å². The van der Waals surface area contributed by atoms with Gasteiger partial charge in [-0.2, -0.15) is 9.90 Å². The summed E-state index contributed by atoms with van der Waals surface area (Å²) in [4.78, 5) is 24.3. The van der Waals surface area contributed by atoms with E-state index in [1.807, 2.05) is 0 Å². The van der Waals surface area contributed by atoms with E-state index in [9.17, 15) is 9.59 Å². The second-order valence-corrected chi connectivity index (χ2v) is 4.72. The van der Waals surface area contributed by atoms with E-state index in [0.29, 0.717) is 0 Å². The maximum Gasteiger partial charge on any atom is 0.412 e. The van der Waals surface area contributed by atoms with Crippen molar-refractivity contribution < 1.29 is 14.3 Å². The van der Waals surface area contributed by atoms with Crippen molar-refractivity contribution in [1.29, 1.82) is 0 Å². The summed E-state index contributed by atoms with van der Waals surface area (Å²) in [5.41, 5.74) is 0. The predicted octanol–water partition coefficient (Wildman–Crippen LogP) is -0.285. The van der Waals surface area contributed by atoms with Gasteiger partial charge in [-0.1, -0.05) is 0 Å². The van der Waals surface area contributed by atoms with Gasteiger partial charge in [0, 0.05) is 12.6 Å². The molecule has 2 rings (SSSR count). The van der Waals surface area contributed by atoms with Gasteiger partial charge in [-0.05, 0) is 26.3 Å². The highest BCUT2D eigenvalue weighted by Crippen LogP contribution is 2.02. The van der Waals surface area contributed by atoms with E-state index in [1.165, 1.54) is 11.0 Å². The van der Waals surface area contributed by atoms with Gasteiger partial charge in [0.05, 0.1) is 12.8 Å². The van der Waals surface area contributed by atoms with Gasteiger partial charge in [0.1, 0.15) is 6.54 Å². The minimum absolute atomic E-state index is 0.0149. The summed E-state index contributed by atoms with van der Waals surface area (Å²) in [6.45, 7) is 3.78. The Morgan fingerprint density at radius 3 is 3.14 bits per heavy atom. The molecule has 0 spiro atoms. The lowest BCUT2D eigenvalue weighted by molar-refractivity contribution is -0.122. The van der Waals surface area contributed by atoms with Crippen LogP contribution in [0.3, 0.4) is 0 Å². The molecule has 9 heteroatoms. The van der Waals surface area contributed by atoms with Crippen LogP contribution in [0, 0.1) is 0 Å². The number of rotatable bonds is 5. The summed E-state index contributed by atoms with van der Waals surface area (Å²) < 4.78 is 4.72. The fraction of sp³-hybridized carbons (Fsp3) is 0.667. The normalized spacial score (nSPS) is 18.0. The van der Waals surface area contributed by atoms with Crippen molar-refractivity contribution in [1.82, 2.24) is 25.6 Å². The standard InChI is InChI=1S/C12H20N6O3/c1-2-21-12(20)16-10-7-14-18(17-10)8-11(19)15-9-4-3-5-13-6-9/h7,9,13H,2-6,8H2,1H3,(H,15,19)(H,16,17,20). The van der Waals surface area contributed by atoms with E-state index in [2.05, 4.69) is 26.1 Å². The predicted molar refractivity (Wildman–Crippen MR) is 74.7 cm³/mol. The first-order valence-electron chi connectivity index (χ1n) is 7.01. The Balaban J connectivity index is 1.78. The highest BCUT2D eigenvalue weighted by molar-refractivity contribution is 5.83. The lowest BCUT2D eigenvalue weighted by atomic mass is 10.1. The molecular weight excluding hydrogens is 276 g/mol. The lowest BCUT2D eigenvalue weighted by Gasteiger charge is -2.23. The zero-order valence-electron chi connectivity index (χ0n) is 12.0.